The van der Waals surface area contributed by atoms with E-state index in [9.17, 15) is 4.79 Å². The molecule has 2 nitrogen and oxygen atoms in total. The zero-order chi connectivity index (χ0) is 9.97. The van der Waals surface area contributed by atoms with Gasteiger partial charge in [-0.3, -0.25) is 4.79 Å². The molecule has 0 saturated heterocycles. The number of aromatic nitrogens is 1. The van der Waals surface area contributed by atoms with Crippen LogP contribution >= 0.6 is 27.5 Å². The Morgan fingerprint density at radius 3 is 2.79 bits per heavy atom. The molecule has 1 heterocycles. The van der Waals surface area contributed by atoms with Gasteiger partial charge >= 0.3 is 0 Å². The Labute approximate surface area is 93.9 Å². The summed E-state index contributed by atoms with van der Waals surface area (Å²) in [4.78, 5) is 11.9. The molecule has 0 N–H and O–H groups in total. The van der Waals surface area contributed by atoms with Gasteiger partial charge in [-0.15, -0.1) is 0 Å². The van der Waals surface area contributed by atoms with Gasteiger partial charge in [-0.25, -0.2) is 4.37 Å². The van der Waals surface area contributed by atoms with Gasteiger partial charge in [-0.1, -0.05) is 28.1 Å². The summed E-state index contributed by atoms with van der Waals surface area (Å²) in [6, 6.07) is 7.38. The highest BCUT2D eigenvalue weighted by Crippen LogP contribution is 2.19. The lowest BCUT2D eigenvalue weighted by molar-refractivity contribution is 0.103. The second kappa shape index (κ2) is 4.02. The van der Waals surface area contributed by atoms with Crippen LogP contribution in [0.4, 0.5) is 0 Å². The lowest BCUT2D eigenvalue weighted by Crippen LogP contribution is -2.00. The Balaban J connectivity index is 2.42. The zero-order valence-electron chi connectivity index (χ0n) is 7.11. The summed E-state index contributed by atoms with van der Waals surface area (Å²) < 4.78 is 4.72. The third-order valence-corrected chi connectivity index (χ3v) is 3.09. The first-order valence-corrected chi connectivity index (χ1v) is 5.60. The van der Waals surface area contributed by atoms with Crippen molar-refractivity contribution in [2.45, 2.75) is 0 Å². The summed E-state index contributed by atoms with van der Waals surface area (Å²) in [5.74, 6) is 0.00576. The van der Waals surface area contributed by atoms with E-state index in [0.29, 0.717) is 11.1 Å². The molecule has 0 unspecified atom stereocenters. The Morgan fingerprint density at radius 1 is 1.36 bits per heavy atom. The van der Waals surface area contributed by atoms with E-state index in [4.69, 9.17) is 0 Å². The summed E-state index contributed by atoms with van der Waals surface area (Å²) >= 11 is 4.63. The quantitative estimate of drug-likeness (QED) is 0.783. The third kappa shape index (κ3) is 1.76. The van der Waals surface area contributed by atoms with Gasteiger partial charge in [-0.05, 0) is 23.7 Å². The summed E-state index contributed by atoms with van der Waals surface area (Å²) in [5.41, 5.74) is 1.31. The molecule has 0 amide bonds. The fourth-order valence-electron chi connectivity index (χ4n) is 1.12. The number of halogens is 1. The largest absolute Gasteiger partial charge is 0.288 e. The van der Waals surface area contributed by atoms with Crippen molar-refractivity contribution in [3.05, 3.63) is 51.4 Å². The van der Waals surface area contributed by atoms with Crippen LogP contribution in [0.15, 0.2) is 40.3 Å². The highest BCUT2D eigenvalue weighted by molar-refractivity contribution is 9.10. The fraction of sp³-hybridized carbons (Fsp3) is 0. The molecule has 0 aliphatic carbocycles. The number of carbonyl (C=O) groups is 1. The van der Waals surface area contributed by atoms with Crippen molar-refractivity contribution >= 4 is 33.2 Å². The van der Waals surface area contributed by atoms with Gasteiger partial charge in [0.15, 0.2) is 5.78 Å². The summed E-state index contributed by atoms with van der Waals surface area (Å²) in [6.07, 6.45) is 1.59. The van der Waals surface area contributed by atoms with E-state index in [-0.39, 0.29) is 5.78 Å². The molecule has 2 rings (SSSR count). The summed E-state index contributed by atoms with van der Waals surface area (Å²) in [7, 11) is 0. The average Bonchev–Trinajstić information content (AvgIpc) is 2.70. The minimum Gasteiger partial charge on any atom is -0.288 e. The lowest BCUT2D eigenvalue weighted by Gasteiger charge is -1.99. The fourth-order valence-corrected chi connectivity index (χ4v) is 2.10. The van der Waals surface area contributed by atoms with E-state index >= 15 is 0 Å². The van der Waals surface area contributed by atoms with Gasteiger partial charge < -0.3 is 0 Å². The van der Waals surface area contributed by atoms with Crippen LogP contribution < -0.4 is 0 Å². The molecule has 0 radical (unpaired) electrons. The van der Waals surface area contributed by atoms with E-state index in [1.807, 2.05) is 18.2 Å². The molecular weight excluding hydrogens is 262 g/mol. The highest BCUT2D eigenvalue weighted by Gasteiger charge is 2.12. The molecule has 1 aromatic carbocycles. The maximum absolute atomic E-state index is 11.9. The monoisotopic (exact) mass is 267 g/mol. The van der Waals surface area contributed by atoms with Crippen molar-refractivity contribution in [2.75, 3.05) is 0 Å². The highest BCUT2D eigenvalue weighted by atomic mass is 79.9. The van der Waals surface area contributed by atoms with Crippen LogP contribution in [0.1, 0.15) is 15.9 Å². The first kappa shape index (κ1) is 9.55. The Bertz CT molecular complexity index is 453. The van der Waals surface area contributed by atoms with E-state index < -0.39 is 0 Å². The molecule has 0 atom stereocenters. The van der Waals surface area contributed by atoms with Crippen molar-refractivity contribution in [3.8, 4) is 0 Å². The molecule has 70 valence electrons. The van der Waals surface area contributed by atoms with Crippen LogP contribution in [-0.2, 0) is 0 Å². The molecule has 2 aromatic rings. The number of rotatable bonds is 2. The predicted molar refractivity (Wildman–Crippen MR) is 59.7 cm³/mol. The van der Waals surface area contributed by atoms with Gasteiger partial charge in [0, 0.05) is 15.4 Å². The molecule has 0 fully saturated rings. The molecule has 0 saturated carbocycles. The predicted octanol–water partition coefficient (Wildman–Crippen LogP) is 3.14. The second-order valence-corrected chi connectivity index (χ2v) is 4.23. The van der Waals surface area contributed by atoms with Crippen molar-refractivity contribution in [1.29, 1.82) is 0 Å². The molecule has 0 spiro atoms. The van der Waals surface area contributed by atoms with Gasteiger partial charge in [0.25, 0.3) is 0 Å². The number of hydrogen-bond donors (Lipinski definition) is 0. The maximum atomic E-state index is 11.9. The first-order valence-electron chi connectivity index (χ1n) is 3.97. The Kier molecular flexibility index (Phi) is 2.74. The minimum atomic E-state index is 0.00576. The number of nitrogens with zero attached hydrogens (tertiary/aromatic N) is 1. The number of benzene rings is 1. The van der Waals surface area contributed by atoms with Crippen molar-refractivity contribution in [2.24, 2.45) is 0 Å². The second-order valence-electron chi connectivity index (χ2n) is 2.72. The third-order valence-electron chi connectivity index (χ3n) is 1.81. The van der Waals surface area contributed by atoms with Crippen LogP contribution in [0.25, 0.3) is 0 Å². The van der Waals surface area contributed by atoms with Crippen LogP contribution in [0.3, 0.4) is 0 Å². The molecular formula is C10H6BrNOS. The van der Waals surface area contributed by atoms with E-state index in [2.05, 4.69) is 20.3 Å². The van der Waals surface area contributed by atoms with Crippen LogP contribution in [0.2, 0.25) is 0 Å². The van der Waals surface area contributed by atoms with E-state index in [1.54, 1.807) is 17.6 Å². The lowest BCUT2D eigenvalue weighted by atomic mass is 10.1. The van der Waals surface area contributed by atoms with Crippen LogP contribution in [0.5, 0.6) is 0 Å². The minimum absolute atomic E-state index is 0.00576. The first-order chi connectivity index (χ1) is 6.79. The van der Waals surface area contributed by atoms with E-state index in [1.165, 1.54) is 11.5 Å². The van der Waals surface area contributed by atoms with Gasteiger partial charge in [-0.2, -0.15) is 0 Å². The van der Waals surface area contributed by atoms with Crippen LogP contribution in [-0.4, -0.2) is 10.2 Å². The number of hydrogen-bond acceptors (Lipinski definition) is 3. The molecule has 4 heteroatoms. The van der Waals surface area contributed by atoms with Crippen molar-refractivity contribution < 1.29 is 4.79 Å². The molecule has 0 aliphatic heterocycles. The van der Waals surface area contributed by atoms with Gasteiger partial charge in [0.05, 0.1) is 11.8 Å². The zero-order valence-corrected chi connectivity index (χ0v) is 9.51. The van der Waals surface area contributed by atoms with Gasteiger partial charge in [0.2, 0.25) is 0 Å². The summed E-state index contributed by atoms with van der Waals surface area (Å²) in [5, 5.41) is 1.75. The number of carbonyl (C=O) groups excluding carboxylic acids is 1. The van der Waals surface area contributed by atoms with Crippen LogP contribution in [0, 0.1) is 0 Å². The standard InChI is InChI=1S/C10H6BrNOS/c11-9-4-2-1-3-8(9)10(13)7-5-12-14-6-7/h1-6H. The van der Waals surface area contributed by atoms with E-state index in [0.717, 1.165) is 4.47 Å². The SMILES string of the molecule is O=C(c1cnsc1)c1ccccc1Br. The van der Waals surface area contributed by atoms with Crippen molar-refractivity contribution in [3.63, 3.8) is 0 Å². The molecule has 14 heavy (non-hydrogen) atoms. The summed E-state index contributed by atoms with van der Waals surface area (Å²) in [6.45, 7) is 0. The van der Waals surface area contributed by atoms with Crippen molar-refractivity contribution in [1.82, 2.24) is 4.37 Å². The Hall–Kier alpha value is -1.00. The average molecular weight is 268 g/mol. The van der Waals surface area contributed by atoms with Gasteiger partial charge in [0.1, 0.15) is 0 Å². The maximum Gasteiger partial charge on any atom is 0.196 e. The molecule has 0 aliphatic rings. The molecule has 1 aromatic heterocycles. The normalized spacial score (nSPS) is 10.1. The molecule has 0 bridgehead atoms. The number of ketones is 1. The smallest absolute Gasteiger partial charge is 0.196 e. The Morgan fingerprint density at radius 2 is 2.14 bits per heavy atom. The topological polar surface area (TPSA) is 30.0 Å².